The van der Waals surface area contributed by atoms with Crippen molar-refractivity contribution in [2.45, 2.75) is 123 Å². The van der Waals surface area contributed by atoms with E-state index in [1.807, 2.05) is 20.8 Å². The second kappa shape index (κ2) is 17.4. The van der Waals surface area contributed by atoms with Crippen molar-refractivity contribution in [3.63, 3.8) is 0 Å². The molecule has 0 spiro atoms. The molecule has 0 saturated heterocycles. The summed E-state index contributed by atoms with van der Waals surface area (Å²) in [5.74, 6) is -1.18. The zero-order chi connectivity index (χ0) is 28.7. The molecule has 0 heterocycles. The Bertz CT molecular complexity index is 714. The normalized spacial score (nSPS) is 13.7. The van der Waals surface area contributed by atoms with Crippen molar-refractivity contribution in [1.82, 2.24) is 0 Å². The van der Waals surface area contributed by atoms with Crippen molar-refractivity contribution < 1.29 is 40.6 Å². The lowest BCUT2D eigenvalue weighted by Crippen LogP contribution is -2.46. The van der Waals surface area contributed by atoms with Gasteiger partial charge in [0.15, 0.2) is 0 Å². The summed E-state index contributed by atoms with van der Waals surface area (Å²) in [5, 5.41) is 0. The first-order valence-electron chi connectivity index (χ1n) is 14.1. The van der Waals surface area contributed by atoms with Crippen LogP contribution in [0, 0.1) is 5.92 Å². The molecular formula is C29H46F6O3. The van der Waals surface area contributed by atoms with Crippen molar-refractivity contribution >= 4 is 0 Å². The molecule has 0 aliphatic carbocycles. The van der Waals surface area contributed by atoms with Gasteiger partial charge in [0.1, 0.15) is 0 Å². The van der Waals surface area contributed by atoms with E-state index in [1.54, 1.807) is 0 Å². The molecule has 0 aliphatic heterocycles. The van der Waals surface area contributed by atoms with Gasteiger partial charge in [-0.3, -0.25) is 0 Å². The summed E-state index contributed by atoms with van der Waals surface area (Å²) in [6.45, 7) is 9.10. The average Bonchev–Trinajstić information content (AvgIpc) is 2.83. The largest absolute Gasteiger partial charge is 0.416 e. The van der Waals surface area contributed by atoms with Gasteiger partial charge >= 0.3 is 12.4 Å². The number of hydrogen-bond acceptors (Lipinski definition) is 3. The second-order valence-electron chi connectivity index (χ2n) is 9.67. The van der Waals surface area contributed by atoms with Crippen LogP contribution < -0.4 is 0 Å². The number of hydrogen-bond donors (Lipinski definition) is 0. The van der Waals surface area contributed by atoms with Gasteiger partial charge in [-0.1, -0.05) is 58.3 Å². The average molecular weight is 557 g/mol. The first kappa shape index (κ1) is 34.7. The van der Waals surface area contributed by atoms with Crippen LogP contribution >= 0.6 is 0 Å². The third-order valence-electron chi connectivity index (χ3n) is 6.61. The highest BCUT2D eigenvalue weighted by Crippen LogP contribution is 2.37. The van der Waals surface area contributed by atoms with Gasteiger partial charge in [0.2, 0.25) is 0 Å². The Kier molecular flexibility index (Phi) is 15.9. The zero-order valence-electron chi connectivity index (χ0n) is 23.4. The maximum absolute atomic E-state index is 13.2. The second-order valence-corrected chi connectivity index (χ2v) is 9.67. The summed E-state index contributed by atoms with van der Waals surface area (Å²) in [7, 11) is 0. The monoisotopic (exact) mass is 556 g/mol. The lowest BCUT2D eigenvalue weighted by atomic mass is 9.91. The summed E-state index contributed by atoms with van der Waals surface area (Å²) in [6, 6.07) is 1.81. The van der Waals surface area contributed by atoms with E-state index in [-0.39, 0.29) is 24.0 Å². The van der Waals surface area contributed by atoms with E-state index in [4.69, 9.17) is 14.2 Å². The van der Waals surface area contributed by atoms with E-state index in [1.165, 1.54) is 25.7 Å². The molecule has 0 aromatic heterocycles. The number of halogens is 6. The van der Waals surface area contributed by atoms with E-state index in [2.05, 4.69) is 6.92 Å². The first-order valence-corrected chi connectivity index (χ1v) is 14.1. The molecule has 0 saturated carbocycles. The molecule has 0 aliphatic rings. The van der Waals surface area contributed by atoms with Gasteiger partial charge in [0.25, 0.3) is 5.97 Å². The summed E-state index contributed by atoms with van der Waals surface area (Å²) < 4.78 is 97.0. The van der Waals surface area contributed by atoms with E-state index in [0.717, 1.165) is 44.2 Å². The van der Waals surface area contributed by atoms with Crippen molar-refractivity contribution in [2.24, 2.45) is 5.92 Å². The van der Waals surface area contributed by atoms with E-state index in [9.17, 15) is 26.3 Å². The summed E-state index contributed by atoms with van der Waals surface area (Å²) in [5.41, 5.74) is -2.49. The van der Waals surface area contributed by atoms with Gasteiger partial charge in [-0.05, 0) is 70.2 Å². The Morgan fingerprint density at radius 3 is 1.42 bits per heavy atom. The first-order chi connectivity index (χ1) is 17.9. The summed E-state index contributed by atoms with van der Waals surface area (Å²) in [6.07, 6.45) is 0.831. The van der Waals surface area contributed by atoms with Crippen LogP contribution in [0.4, 0.5) is 26.3 Å². The maximum Gasteiger partial charge on any atom is 0.416 e. The van der Waals surface area contributed by atoms with Crippen molar-refractivity contribution in [3.8, 4) is 0 Å². The van der Waals surface area contributed by atoms with Crippen LogP contribution in [0.5, 0.6) is 0 Å². The highest BCUT2D eigenvalue weighted by Gasteiger charge is 2.41. The minimum absolute atomic E-state index is 0.0288. The van der Waals surface area contributed by atoms with E-state index < -0.39 is 29.5 Å². The maximum atomic E-state index is 13.2. The molecule has 1 atom stereocenters. The Morgan fingerprint density at radius 2 is 1.00 bits per heavy atom. The molecule has 1 aromatic carbocycles. The number of unbranched alkanes of at least 4 members (excludes halogenated alkanes) is 7. The molecule has 222 valence electrons. The summed E-state index contributed by atoms with van der Waals surface area (Å²) in [4.78, 5) is 0. The molecule has 3 nitrogen and oxygen atoms in total. The molecule has 1 aromatic rings. The molecule has 1 rings (SSSR count). The molecule has 0 N–H and O–H groups in total. The SMILES string of the molecule is CCCCCCCCC(CCCCCc1cc(C(F)(F)F)cc(C(F)(F)F)c1)C(OCC)(OCC)OCC. The fourth-order valence-electron chi connectivity index (χ4n) is 4.81. The molecule has 0 fully saturated rings. The smallest absolute Gasteiger partial charge is 0.328 e. The Morgan fingerprint density at radius 1 is 0.579 bits per heavy atom. The standard InChI is InChI=1S/C29H46F6O3/c1-5-9-10-11-12-15-18-24(29(36-6-2,37-7-3)38-8-4)19-16-13-14-17-23-20-25(27(30,31)32)22-26(21-23)28(33,34)35/h20-22,24H,5-19H2,1-4H3. The quantitative estimate of drug-likeness (QED) is 0.0909. The number of benzene rings is 1. The lowest BCUT2D eigenvalue weighted by molar-refractivity contribution is -0.403. The van der Waals surface area contributed by atoms with Gasteiger partial charge in [0, 0.05) is 25.7 Å². The third-order valence-corrected chi connectivity index (χ3v) is 6.61. The molecule has 9 heteroatoms. The van der Waals surface area contributed by atoms with Gasteiger partial charge in [0.05, 0.1) is 11.1 Å². The van der Waals surface area contributed by atoms with Crippen molar-refractivity contribution in [1.29, 1.82) is 0 Å². The van der Waals surface area contributed by atoms with Gasteiger partial charge < -0.3 is 14.2 Å². The number of alkyl halides is 6. The third kappa shape index (κ3) is 12.2. The van der Waals surface area contributed by atoms with Gasteiger partial charge in [-0.25, -0.2) is 0 Å². The molecule has 0 amide bonds. The molecule has 38 heavy (non-hydrogen) atoms. The predicted octanol–water partition coefficient (Wildman–Crippen LogP) is 9.96. The number of rotatable bonds is 20. The van der Waals surface area contributed by atoms with Crippen LogP contribution in [0.1, 0.15) is 115 Å². The van der Waals surface area contributed by atoms with Crippen LogP contribution in [0.3, 0.4) is 0 Å². The minimum Gasteiger partial charge on any atom is -0.328 e. The number of aryl methyl sites for hydroxylation is 1. The highest BCUT2D eigenvalue weighted by atomic mass is 19.4. The number of ether oxygens (including phenoxy) is 3. The Labute approximate surface area is 224 Å². The van der Waals surface area contributed by atoms with Crippen LogP contribution in [-0.4, -0.2) is 25.8 Å². The molecule has 0 radical (unpaired) electrons. The lowest BCUT2D eigenvalue weighted by Gasteiger charge is -2.39. The molecule has 1 unspecified atom stereocenters. The molecular weight excluding hydrogens is 510 g/mol. The van der Waals surface area contributed by atoms with E-state index >= 15 is 0 Å². The summed E-state index contributed by atoms with van der Waals surface area (Å²) >= 11 is 0. The predicted molar refractivity (Wildman–Crippen MR) is 138 cm³/mol. The zero-order valence-corrected chi connectivity index (χ0v) is 23.4. The van der Waals surface area contributed by atoms with Gasteiger partial charge in [-0.2, -0.15) is 26.3 Å². The van der Waals surface area contributed by atoms with Crippen LogP contribution in [0.15, 0.2) is 18.2 Å². The Balaban J connectivity index is 2.85. The highest BCUT2D eigenvalue weighted by molar-refractivity contribution is 5.33. The van der Waals surface area contributed by atoms with Gasteiger partial charge in [-0.15, -0.1) is 0 Å². The minimum atomic E-state index is -4.83. The van der Waals surface area contributed by atoms with Crippen molar-refractivity contribution in [2.75, 3.05) is 19.8 Å². The fourth-order valence-corrected chi connectivity index (χ4v) is 4.81. The van der Waals surface area contributed by atoms with Crippen molar-refractivity contribution in [3.05, 3.63) is 34.9 Å². The van der Waals surface area contributed by atoms with Crippen LogP contribution in [0.2, 0.25) is 0 Å². The van der Waals surface area contributed by atoms with E-state index in [0.29, 0.717) is 32.7 Å². The fraction of sp³-hybridized carbons (Fsp3) is 0.793. The van der Waals surface area contributed by atoms with Crippen LogP contribution in [-0.2, 0) is 33.0 Å². The molecule has 0 bridgehead atoms. The Hall–Kier alpha value is -1.32. The van der Waals surface area contributed by atoms with Crippen LogP contribution in [0.25, 0.3) is 0 Å². The topological polar surface area (TPSA) is 27.7 Å².